The lowest BCUT2D eigenvalue weighted by Gasteiger charge is -2.16. The van der Waals surface area contributed by atoms with E-state index in [0.717, 1.165) is 50.1 Å². The summed E-state index contributed by atoms with van der Waals surface area (Å²) in [7, 11) is 0. The molecule has 0 fully saturated rings. The van der Waals surface area contributed by atoms with Crippen molar-refractivity contribution in [1.29, 1.82) is 0 Å². The molecule has 0 atom stereocenters. The Kier molecular flexibility index (Phi) is 8.81. The van der Waals surface area contributed by atoms with Crippen LogP contribution in [0.2, 0.25) is 0 Å². The van der Waals surface area contributed by atoms with Crippen LogP contribution >= 0.6 is 22.7 Å². The van der Waals surface area contributed by atoms with Crippen LogP contribution in [-0.2, 0) is 0 Å². The van der Waals surface area contributed by atoms with Crippen molar-refractivity contribution in [3.8, 4) is 45.5 Å². The first-order valence-corrected chi connectivity index (χ1v) is 27.3. The predicted octanol–water partition coefficient (Wildman–Crippen LogP) is 19.3. The topological polar surface area (TPSA) is 48.5 Å². The zero-order valence-corrected chi connectivity index (χ0v) is 42.2. The Morgan fingerprint density at radius 3 is 1.68 bits per heavy atom. The van der Waals surface area contributed by atoms with Gasteiger partial charge in [-0.1, -0.05) is 152 Å². The number of thiophene rings is 2. The lowest BCUT2D eigenvalue weighted by molar-refractivity contribution is 1.07. The summed E-state index contributed by atoms with van der Waals surface area (Å²) in [6, 6.07) is 86.3. The van der Waals surface area contributed by atoms with Crippen LogP contribution < -0.4 is 0 Å². The summed E-state index contributed by atoms with van der Waals surface area (Å²) in [6.45, 7) is 0. The van der Waals surface area contributed by atoms with Crippen LogP contribution in [0.1, 0.15) is 0 Å². The van der Waals surface area contributed by atoms with Gasteiger partial charge in [-0.2, -0.15) is 0 Å². The Balaban J connectivity index is 1.00. The van der Waals surface area contributed by atoms with Crippen LogP contribution in [0.25, 0.3) is 162 Å². The molecule has 0 aliphatic rings. The highest BCUT2D eigenvalue weighted by atomic mass is 32.1. The summed E-state index contributed by atoms with van der Waals surface area (Å²) in [5, 5.41) is 16.9. The van der Waals surface area contributed by atoms with Gasteiger partial charge in [-0.05, 0) is 117 Å². The first-order chi connectivity index (χ1) is 37.6. The monoisotopic (exact) mass is 1000 g/mol. The van der Waals surface area contributed by atoms with Crippen molar-refractivity contribution >= 4 is 139 Å². The molecule has 7 heteroatoms. The summed E-state index contributed by atoms with van der Waals surface area (Å²) in [4.78, 5) is 16.8. The molecule has 0 saturated carbocycles. The highest BCUT2D eigenvalue weighted by molar-refractivity contribution is 7.26. The van der Waals surface area contributed by atoms with Crippen molar-refractivity contribution in [3.05, 3.63) is 237 Å². The van der Waals surface area contributed by atoms with Crippen LogP contribution in [0, 0.1) is 0 Å². The summed E-state index contributed by atoms with van der Waals surface area (Å²) in [5.41, 5.74) is 9.41. The normalized spacial score (nSPS) is 12.2. The molecule has 0 radical (unpaired) electrons. The molecule has 0 aliphatic heterocycles. The second kappa shape index (κ2) is 16.0. The van der Waals surface area contributed by atoms with Gasteiger partial charge in [-0.15, -0.1) is 22.7 Å². The third-order valence-corrected chi connectivity index (χ3v) is 18.0. The van der Waals surface area contributed by atoms with E-state index in [-0.39, 0.29) is 0 Å². The molecule has 0 saturated heterocycles. The zero-order chi connectivity index (χ0) is 49.6. The molecule has 5 aromatic heterocycles. The molecule has 0 amide bonds. The molecule has 17 aromatic rings. The largest absolute Gasteiger partial charge is 0.309 e. The van der Waals surface area contributed by atoms with E-state index in [4.69, 9.17) is 15.0 Å². The number of rotatable bonds is 5. The molecule has 352 valence electrons. The number of hydrogen-bond acceptors (Lipinski definition) is 5. The maximum Gasteiger partial charge on any atom is 0.166 e. The maximum atomic E-state index is 5.66. The summed E-state index contributed by atoms with van der Waals surface area (Å²) < 4.78 is 9.78. The number of para-hydroxylation sites is 2. The zero-order valence-electron chi connectivity index (χ0n) is 40.6. The van der Waals surface area contributed by atoms with E-state index in [1.165, 1.54) is 94.2 Å². The summed E-state index contributed by atoms with van der Waals surface area (Å²) in [5.74, 6) is 1.83. The third kappa shape index (κ3) is 6.15. The number of hydrogen-bond donors (Lipinski definition) is 0. The number of aromatic nitrogens is 5. The van der Waals surface area contributed by atoms with E-state index in [1.807, 2.05) is 22.7 Å². The molecular formula is C69H39N5S2. The Labute approximate surface area is 442 Å². The van der Waals surface area contributed by atoms with E-state index >= 15 is 0 Å². The van der Waals surface area contributed by atoms with Gasteiger partial charge in [0.2, 0.25) is 0 Å². The van der Waals surface area contributed by atoms with Crippen molar-refractivity contribution in [2.75, 3.05) is 0 Å². The van der Waals surface area contributed by atoms with E-state index < -0.39 is 0 Å². The molecule has 17 rings (SSSR count). The summed E-state index contributed by atoms with van der Waals surface area (Å²) in [6.07, 6.45) is 0. The molecule has 0 bridgehead atoms. The van der Waals surface area contributed by atoms with Gasteiger partial charge in [0.1, 0.15) is 0 Å². The molecule has 5 heterocycles. The van der Waals surface area contributed by atoms with Crippen molar-refractivity contribution in [3.63, 3.8) is 0 Å². The fourth-order valence-electron chi connectivity index (χ4n) is 12.2. The Hall–Kier alpha value is -9.53. The molecule has 5 nitrogen and oxygen atoms in total. The fourth-order valence-corrected chi connectivity index (χ4v) is 14.6. The van der Waals surface area contributed by atoms with Crippen molar-refractivity contribution < 1.29 is 0 Å². The highest BCUT2D eigenvalue weighted by Crippen LogP contribution is 2.48. The average molecular weight is 1000 g/mol. The summed E-state index contributed by atoms with van der Waals surface area (Å²) >= 11 is 3.67. The van der Waals surface area contributed by atoms with E-state index in [2.05, 4.69) is 246 Å². The fraction of sp³-hybridized carbons (Fsp3) is 0. The molecular weight excluding hydrogens is 963 g/mol. The number of fused-ring (bicyclic) bond motifs is 16. The van der Waals surface area contributed by atoms with Gasteiger partial charge >= 0.3 is 0 Å². The first-order valence-electron chi connectivity index (χ1n) is 25.7. The van der Waals surface area contributed by atoms with Crippen molar-refractivity contribution in [2.45, 2.75) is 0 Å². The lowest BCUT2D eigenvalue weighted by Crippen LogP contribution is -2.04. The Bertz CT molecular complexity index is 5310. The minimum Gasteiger partial charge on any atom is -0.309 e. The van der Waals surface area contributed by atoms with Gasteiger partial charge < -0.3 is 9.13 Å². The molecule has 0 aliphatic carbocycles. The third-order valence-electron chi connectivity index (χ3n) is 15.7. The van der Waals surface area contributed by atoms with Gasteiger partial charge in [0.05, 0.1) is 32.5 Å². The van der Waals surface area contributed by atoms with Gasteiger partial charge in [0.25, 0.3) is 0 Å². The minimum absolute atomic E-state index is 0.606. The van der Waals surface area contributed by atoms with Crippen LogP contribution in [-0.4, -0.2) is 24.1 Å². The maximum absolute atomic E-state index is 5.66. The van der Waals surface area contributed by atoms with Crippen LogP contribution in [0.15, 0.2) is 237 Å². The van der Waals surface area contributed by atoms with Crippen LogP contribution in [0.5, 0.6) is 0 Å². The van der Waals surface area contributed by atoms with Crippen LogP contribution in [0.3, 0.4) is 0 Å². The molecule has 0 spiro atoms. The molecule has 0 unspecified atom stereocenters. The number of benzene rings is 12. The quantitative estimate of drug-likeness (QED) is 0.173. The Morgan fingerprint density at radius 1 is 0.289 bits per heavy atom. The molecule has 12 aromatic carbocycles. The van der Waals surface area contributed by atoms with Gasteiger partial charge in [0.15, 0.2) is 17.5 Å². The van der Waals surface area contributed by atoms with E-state index in [1.54, 1.807) is 0 Å². The lowest BCUT2D eigenvalue weighted by atomic mass is 10.0. The van der Waals surface area contributed by atoms with E-state index in [9.17, 15) is 0 Å². The smallest absolute Gasteiger partial charge is 0.166 e. The van der Waals surface area contributed by atoms with Gasteiger partial charge in [0, 0.05) is 79.6 Å². The average Bonchev–Trinajstić information content (AvgIpc) is 4.27. The van der Waals surface area contributed by atoms with E-state index in [0.29, 0.717) is 17.5 Å². The standard InChI is InChI=1S/C69H39N5S2/c1-2-19-47(20-3-1)73-57-24-12-10-22-49(57)50-29-26-46(38-59(50)73)68-70-67(45-28-33-62-54(36-45)51-23-11-13-25-61(51)75-62)71-69(72-68)53-31-30-52-55-34-41-15-5-7-18-44(41)39-63(55)76-66(52)65(53)74-58-32-27-40-14-8-9-21-48(40)64(58)56-35-42-16-4-6-17-43(42)37-60(56)74/h1-39H. The second-order valence-electron chi connectivity index (χ2n) is 19.9. The van der Waals surface area contributed by atoms with Gasteiger partial charge in [-0.25, -0.2) is 15.0 Å². The molecule has 76 heavy (non-hydrogen) atoms. The Morgan fingerprint density at radius 2 is 0.868 bits per heavy atom. The SMILES string of the molecule is c1ccc(-n2c3ccccc3c3ccc(-c4nc(-c5ccc6sc7ccccc7c6c5)nc(-c5ccc6c(sc7cc8ccccc8cc76)c5-n5c6cc7ccccc7cc6c6c7ccccc7ccc65)n4)cc32)cc1. The van der Waals surface area contributed by atoms with Crippen LogP contribution in [0.4, 0.5) is 0 Å². The van der Waals surface area contributed by atoms with Crippen molar-refractivity contribution in [1.82, 2.24) is 24.1 Å². The predicted molar refractivity (Wildman–Crippen MR) is 323 cm³/mol. The first kappa shape index (κ1) is 41.9. The number of nitrogens with zero attached hydrogens (tertiary/aromatic N) is 5. The minimum atomic E-state index is 0.606. The second-order valence-corrected chi connectivity index (χ2v) is 22.0. The van der Waals surface area contributed by atoms with Gasteiger partial charge in [-0.3, -0.25) is 0 Å². The molecule has 0 N–H and O–H groups in total. The highest BCUT2D eigenvalue weighted by Gasteiger charge is 2.26. The van der Waals surface area contributed by atoms with Crippen molar-refractivity contribution in [2.24, 2.45) is 0 Å².